The molecule has 1 aliphatic heterocycles. The van der Waals surface area contributed by atoms with Gasteiger partial charge in [0.1, 0.15) is 5.75 Å². The van der Waals surface area contributed by atoms with E-state index in [-0.39, 0.29) is 18.4 Å². The molecule has 2 amide bonds. The lowest BCUT2D eigenvalue weighted by molar-refractivity contribution is -0.139. The van der Waals surface area contributed by atoms with Gasteiger partial charge in [-0.25, -0.2) is 0 Å². The van der Waals surface area contributed by atoms with Crippen LogP contribution in [-0.4, -0.2) is 36.4 Å². The summed E-state index contributed by atoms with van der Waals surface area (Å²) in [5, 5.41) is 3.44. The number of ether oxygens (including phenoxy) is 1. The van der Waals surface area contributed by atoms with E-state index in [0.29, 0.717) is 17.2 Å². The van der Waals surface area contributed by atoms with E-state index in [9.17, 15) is 9.59 Å². The zero-order valence-electron chi connectivity index (χ0n) is 14.4. The Morgan fingerprint density at radius 3 is 2.81 bits per heavy atom. The summed E-state index contributed by atoms with van der Waals surface area (Å²) in [7, 11) is 1.59. The second kappa shape index (κ2) is 7.68. The van der Waals surface area contributed by atoms with Gasteiger partial charge in [0, 0.05) is 28.7 Å². The maximum absolute atomic E-state index is 12.6. The lowest BCUT2D eigenvalue weighted by Gasteiger charge is -2.20. The van der Waals surface area contributed by atoms with E-state index in [1.807, 2.05) is 25.1 Å². The van der Waals surface area contributed by atoms with Gasteiger partial charge in [-0.15, -0.1) is 0 Å². The number of likely N-dealkylation sites (N-methyl/N-ethyl adjacent to an activating group) is 1. The first-order chi connectivity index (χ1) is 12.3. The highest BCUT2D eigenvalue weighted by molar-refractivity contribution is 9.10. The van der Waals surface area contributed by atoms with Gasteiger partial charge in [0.25, 0.3) is 5.91 Å². The Morgan fingerprint density at radius 2 is 2.08 bits per heavy atom. The molecule has 7 heteroatoms. The van der Waals surface area contributed by atoms with E-state index in [0.717, 1.165) is 21.3 Å². The van der Waals surface area contributed by atoms with Crippen LogP contribution in [0, 0.1) is 6.92 Å². The number of halogens is 2. The van der Waals surface area contributed by atoms with Crippen LogP contribution in [0.5, 0.6) is 5.75 Å². The minimum absolute atomic E-state index is 0.0503. The second-order valence-electron chi connectivity index (χ2n) is 6.26. The fourth-order valence-electron chi connectivity index (χ4n) is 2.85. The monoisotopic (exact) mass is 436 g/mol. The molecule has 1 atom stereocenters. The maximum Gasteiger partial charge on any atom is 0.264 e. The highest BCUT2D eigenvalue weighted by atomic mass is 79.9. The summed E-state index contributed by atoms with van der Waals surface area (Å²) in [5.41, 5.74) is 2.56. The van der Waals surface area contributed by atoms with Gasteiger partial charge in [-0.1, -0.05) is 27.5 Å². The van der Waals surface area contributed by atoms with Crippen molar-refractivity contribution in [3.8, 4) is 5.75 Å². The van der Waals surface area contributed by atoms with Crippen LogP contribution >= 0.6 is 27.5 Å². The molecule has 0 aromatic heterocycles. The molecule has 1 aliphatic rings. The molecule has 0 saturated carbocycles. The Kier molecular flexibility index (Phi) is 5.53. The summed E-state index contributed by atoms with van der Waals surface area (Å²) >= 11 is 9.36. The standard InChI is InChI=1S/C19H18BrClN2O3/c1-11-7-13(20)3-5-15(11)22-18(24)10-23(2)19(25)17-9-12-8-14(21)4-6-16(12)26-17/h3-8,17H,9-10H2,1-2H3,(H,22,24). The molecule has 3 rings (SSSR count). The molecule has 2 aromatic carbocycles. The van der Waals surface area contributed by atoms with Crippen molar-refractivity contribution < 1.29 is 14.3 Å². The van der Waals surface area contributed by atoms with Gasteiger partial charge in [0.15, 0.2) is 6.10 Å². The van der Waals surface area contributed by atoms with Gasteiger partial charge in [-0.3, -0.25) is 9.59 Å². The minimum atomic E-state index is -0.629. The number of nitrogens with zero attached hydrogens (tertiary/aromatic N) is 1. The van der Waals surface area contributed by atoms with Crippen molar-refractivity contribution in [2.75, 3.05) is 18.9 Å². The van der Waals surface area contributed by atoms with Crippen LogP contribution in [0.3, 0.4) is 0 Å². The topological polar surface area (TPSA) is 58.6 Å². The number of fused-ring (bicyclic) bond motifs is 1. The first kappa shape index (κ1) is 18.7. The van der Waals surface area contributed by atoms with Crippen molar-refractivity contribution in [1.29, 1.82) is 0 Å². The molecule has 1 N–H and O–H groups in total. The molecule has 0 radical (unpaired) electrons. The number of amides is 2. The molecule has 0 saturated heterocycles. The lowest BCUT2D eigenvalue weighted by atomic mass is 10.1. The van der Waals surface area contributed by atoms with Crippen molar-refractivity contribution in [1.82, 2.24) is 4.90 Å². The number of carbonyl (C=O) groups excluding carboxylic acids is 2. The molecule has 1 heterocycles. The Hall–Kier alpha value is -2.05. The van der Waals surface area contributed by atoms with Crippen LogP contribution in [0.15, 0.2) is 40.9 Å². The molecule has 5 nitrogen and oxygen atoms in total. The quantitative estimate of drug-likeness (QED) is 0.791. The molecular weight excluding hydrogens is 420 g/mol. The molecule has 26 heavy (non-hydrogen) atoms. The van der Waals surface area contributed by atoms with Gasteiger partial charge in [-0.05, 0) is 54.4 Å². The SMILES string of the molecule is Cc1cc(Br)ccc1NC(=O)CN(C)C(=O)C1Cc2cc(Cl)ccc2O1. The summed E-state index contributed by atoms with van der Waals surface area (Å²) < 4.78 is 6.63. The number of anilines is 1. The Morgan fingerprint density at radius 1 is 1.31 bits per heavy atom. The number of hydrogen-bond acceptors (Lipinski definition) is 3. The smallest absolute Gasteiger partial charge is 0.264 e. The Balaban J connectivity index is 1.58. The number of hydrogen-bond donors (Lipinski definition) is 1. The van der Waals surface area contributed by atoms with Crippen molar-refractivity contribution in [3.05, 3.63) is 57.0 Å². The van der Waals surface area contributed by atoms with E-state index in [2.05, 4.69) is 21.2 Å². The van der Waals surface area contributed by atoms with Crippen molar-refractivity contribution in [2.24, 2.45) is 0 Å². The minimum Gasteiger partial charge on any atom is -0.480 e. The fourth-order valence-corrected chi connectivity index (χ4v) is 3.52. The third kappa shape index (κ3) is 4.19. The van der Waals surface area contributed by atoms with Gasteiger partial charge < -0.3 is 15.0 Å². The molecule has 0 aliphatic carbocycles. The Bertz CT molecular complexity index is 872. The summed E-state index contributed by atoms with van der Waals surface area (Å²) in [6.45, 7) is 1.86. The molecule has 0 bridgehead atoms. The number of carbonyl (C=O) groups is 2. The van der Waals surface area contributed by atoms with Gasteiger partial charge in [0.05, 0.1) is 6.54 Å². The number of rotatable bonds is 4. The third-order valence-corrected chi connectivity index (χ3v) is 4.92. The summed E-state index contributed by atoms with van der Waals surface area (Å²) in [4.78, 5) is 26.2. The Labute approximate surface area is 165 Å². The van der Waals surface area contributed by atoms with Crippen LogP contribution in [0.25, 0.3) is 0 Å². The summed E-state index contributed by atoms with van der Waals surface area (Å²) in [5.74, 6) is 0.168. The van der Waals surface area contributed by atoms with Gasteiger partial charge in [-0.2, -0.15) is 0 Å². The van der Waals surface area contributed by atoms with Gasteiger partial charge >= 0.3 is 0 Å². The summed E-state index contributed by atoms with van der Waals surface area (Å²) in [6, 6.07) is 10.9. The van der Waals surface area contributed by atoms with Crippen LogP contribution in [0.4, 0.5) is 5.69 Å². The molecule has 136 valence electrons. The van der Waals surface area contributed by atoms with Crippen molar-refractivity contribution in [2.45, 2.75) is 19.4 Å². The zero-order valence-corrected chi connectivity index (χ0v) is 16.7. The van der Waals surface area contributed by atoms with Crippen molar-refractivity contribution >= 4 is 45.0 Å². The average Bonchev–Trinajstić information content (AvgIpc) is 2.99. The predicted molar refractivity (Wildman–Crippen MR) is 105 cm³/mol. The number of benzene rings is 2. The van der Waals surface area contributed by atoms with E-state index in [1.54, 1.807) is 25.2 Å². The first-order valence-electron chi connectivity index (χ1n) is 8.09. The van der Waals surface area contributed by atoms with Crippen LogP contribution < -0.4 is 10.1 Å². The molecule has 0 spiro atoms. The van der Waals surface area contributed by atoms with Crippen molar-refractivity contribution in [3.63, 3.8) is 0 Å². The van der Waals surface area contributed by atoms with E-state index < -0.39 is 6.10 Å². The maximum atomic E-state index is 12.6. The number of aryl methyl sites for hydroxylation is 1. The highest BCUT2D eigenvalue weighted by Gasteiger charge is 2.31. The average molecular weight is 438 g/mol. The van der Waals surface area contributed by atoms with Crippen LogP contribution in [-0.2, 0) is 16.0 Å². The third-order valence-electron chi connectivity index (χ3n) is 4.19. The van der Waals surface area contributed by atoms with Crippen LogP contribution in [0.2, 0.25) is 5.02 Å². The molecule has 0 fully saturated rings. The highest BCUT2D eigenvalue weighted by Crippen LogP contribution is 2.31. The van der Waals surface area contributed by atoms with Crippen LogP contribution in [0.1, 0.15) is 11.1 Å². The largest absolute Gasteiger partial charge is 0.480 e. The molecule has 2 aromatic rings. The van der Waals surface area contributed by atoms with E-state index in [4.69, 9.17) is 16.3 Å². The van der Waals surface area contributed by atoms with E-state index >= 15 is 0 Å². The molecule has 1 unspecified atom stereocenters. The predicted octanol–water partition coefficient (Wildman–Crippen LogP) is 3.81. The normalized spacial score (nSPS) is 15.2. The zero-order chi connectivity index (χ0) is 18.8. The fraction of sp³-hybridized carbons (Fsp3) is 0.263. The number of nitrogens with one attached hydrogen (secondary N) is 1. The van der Waals surface area contributed by atoms with E-state index in [1.165, 1.54) is 4.90 Å². The summed E-state index contributed by atoms with van der Waals surface area (Å²) in [6.07, 6.45) is -0.178. The first-order valence-corrected chi connectivity index (χ1v) is 9.26. The van der Waals surface area contributed by atoms with Gasteiger partial charge in [0.2, 0.25) is 5.91 Å². The molecular formula is C19H18BrClN2O3. The second-order valence-corrected chi connectivity index (χ2v) is 7.62. The lowest BCUT2D eigenvalue weighted by Crippen LogP contribution is -2.42.